The third kappa shape index (κ3) is 5.43. The van der Waals surface area contributed by atoms with Gasteiger partial charge in [0.1, 0.15) is 5.82 Å². The largest absolute Gasteiger partial charge is 0.419 e. The van der Waals surface area contributed by atoms with Crippen molar-refractivity contribution in [1.29, 1.82) is 0 Å². The molecule has 4 nitrogen and oxygen atoms in total. The highest BCUT2D eigenvalue weighted by molar-refractivity contribution is 9.10. The van der Waals surface area contributed by atoms with Gasteiger partial charge in [0.25, 0.3) is 0 Å². The Balaban J connectivity index is 1.43. The fourth-order valence-electron chi connectivity index (χ4n) is 3.35. The van der Waals surface area contributed by atoms with Crippen molar-refractivity contribution in [2.45, 2.75) is 25.3 Å². The van der Waals surface area contributed by atoms with Crippen molar-refractivity contribution in [3.05, 3.63) is 68.9 Å². The van der Waals surface area contributed by atoms with E-state index in [2.05, 4.69) is 36.5 Å². The van der Waals surface area contributed by atoms with Gasteiger partial charge in [0.2, 0.25) is 0 Å². The van der Waals surface area contributed by atoms with Crippen LogP contribution in [0.4, 0.5) is 17.6 Å². The van der Waals surface area contributed by atoms with Gasteiger partial charge in [-0.3, -0.25) is 9.98 Å². The molecule has 1 fully saturated rings. The molecule has 0 bridgehead atoms. The summed E-state index contributed by atoms with van der Waals surface area (Å²) >= 11 is 6.87. The molecule has 1 saturated heterocycles. The van der Waals surface area contributed by atoms with Crippen LogP contribution in [0.1, 0.15) is 28.3 Å². The maximum absolute atomic E-state index is 14.2. The van der Waals surface area contributed by atoms with Crippen LogP contribution in [0.3, 0.4) is 0 Å². The molecule has 4 rings (SSSR count). The second kappa shape index (κ2) is 10.0. The van der Waals surface area contributed by atoms with Crippen molar-refractivity contribution in [2.75, 3.05) is 18.1 Å². The highest BCUT2D eigenvalue weighted by Crippen LogP contribution is 2.34. The van der Waals surface area contributed by atoms with E-state index in [1.807, 2.05) is 18.2 Å². The molecule has 1 atom stereocenters. The summed E-state index contributed by atoms with van der Waals surface area (Å²) in [6.07, 6.45) is -4.73. The Morgan fingerprint density at radius 1 is 1.16 bits per heavy atom. The lowest BCUT2D eigenvalue weighted by Crippen LogP contribution is -2.21. The van der Waals surface area contributed by atoms with E-state index in [1.165, 1.54) is 23.9 Å². The summed E-state index contributed by atoms with van der Waals surface area (Å²) in [6.45, 7) is 1.32. The van der Waals surface area contributed by atoms with Gasteiger partial charge < -0.3 is 10.6 Å². The second-order valence-electron chi connectivity index (χ2n) is 7.11. The van der Waals surface area contributed by atoms with Gasteiger partial charge in [0, 0.05) is 28.1 Å². The number of nitrogens with zero attached hydrogens (tertiary/aromatic N) is 2. The maximum atomic E-state index is 14.2. The monoisotopic (exact) mass is 546 g/mol. The van der Waals surface area contributed by atoms with E-state index in [9.17, 15) is 17.6 Å². The van der Waals surface area contributed by atoms with Crippen LogP contribution in [0.2, 0.25) is 0 Å². The Kier molecular flexibility index (Phi) is 7.36. The third-order valence-corrected chi connectivity index (χ3v) is 7.88. The molecule has 2 aliphatic heterocycles. The lowest BCUT2D eigenvalue weighted by Gasteiger charge is -2.16. The van der Waals surface area contributed by atoms with Crippen molar-refractivity contribution < 1.29 is 17.6 Å². The number of thioether (sulfide) groups is 2. The first kappa shape index (κ1) is 23.4. The van der Waals surface area contributed by atoms with E-state index in [1.54, 1.807) is 11.8 Å². The van der Waals surface area contributed by atoms with Crippen LogP contribution in [0, 0.1) is 5.82 Å². The molecule has 170 valence electrons. The predicted octanol–water partition coefficient (Wildman–Crippen LogP) is 5.73. The average Bonchev–Trinajstić information content (AvgIpc) is 3.43. The van der Waals surface area contributed by atoms with E-state index >= 15 is 0 Å². The second-order valence-corrected chi connectivity index (χ2v) is 10.0. The van der Waals surface area contributed by atoms with Crippen LogP contribution < -0.4 is 10.6 Å². The molecule has 0 aliphatic carbocycles. The predicted molar refractivity (Wildman–Crippen MR) is 127 cm³/mol. The molecular weight excluding hydrogens is 528 g/mol. The van der Waals surface area contributed by atoms with Crippen LogP contribution in [0.5, 0.6) is 0 Å². The molecule has 2 heterocycles. The van der Waals surface area contributed by atoms with Gasteiger partial charge in [-0.1, -0.05) is 69.8 Å². The summed E-state index contributed by atoms with van der Waals surface area (Å²) in [4.78, 5) is 8.70. The summed E-state index contributed by atoms with van der Waals surface area (Å²) in [7, 11) is 0. The van der Waals surface area contributed by atoms with E-state index in [0.717, 1.165) is 39.1 Å². The van der Waals surface area contributed by atoms with Crippen LogP contribution in [-0.4, -0.2) is 28.4 Å². The number of amidine groups is 2. The van der Waals surface area contributed by atoms with Crippen molar-refractivity contribution in [1.82, 2.24) is 10.6 Å². The number of nitrogens with one attached hydrogen (secondary N) is 2. The zero-order valence-electron chi connectivity index (χ0n) is 16.7. The van der Waals surface area contributed by atoms with Crippen molar-refractivity contribution >= 4 is 49.8 Å². The molecule has 2 N–H and O–H groups in total. The minimum atomic E-state index is -4.73. The fraction of sp³-hybridized carbons (Fsp3) is 0.333. The SMILES string of the molecule is Fc1c(CN=C2NC(c3cccc(CNC4=NCCS4)c3Br)CS2)cccc1C(F)(F)F. The summed E-state index contributed by atoms with van der Waals surface area (Å²) in [5, 5.41) is 8.17. The molecule has 2 aromatic carbocycles. The van der Waals surface area contributed by atoms with Gasteiger partial charge in [-0.25, -0.2) is 4.39 Å². The Labute approximate surface area is 199 Å². The van der Waals surface area contributed by atoms with Crippen LogP contribution in [0.25, 0.3) is 0 Å². The van der Waals surface area contributed by atoms with E-state index in [4.69, 9.17) is 0 Å². The van der Waals surface area contributed by atoms with Gasteiger partial charge in [-0.2, -0.15) is 13.2 Å². The van der Waals surface area contributed by atoms with E-state index in [-0.39, 0.29) is 18.2 Å². The number of benzene rings is 2. The third-order valence-electron chi connectivity index (χ3n) is 4.96. The number of aliphatic imine (C=N–C) groups is 2. The average molecular weight is 547 g/mol. The minimum absolute atomic E-state index is 0.0161. The van der Waals surface area contributed by atoms with Gasteiger partial charge in [0.15, 0.2) is 10.3 Å². The number of rotatable bonds is 5. The minimum Gasteiger partial charge on any atom is -0.361 e. The molecule has 0 spiro atoms. The highest BCUT2D eigenvalue weighted by atomic mass is 79.9. The Bertz CT molecular complexity index is 1060. The quantitative estimate of drug-likeness (QED) is 0.470. The molecule has 0 amide bonds. The van der Waals surface area contributed by atoms with Crippen molar-refractivity contribution in [3.8, 4) is 0 Å². The van der Waals surface area contributed by atoms with Gasteiger partial charge in [-0.05, 0) is 17.2 Å². The fourth-order valence-corrected chi connectivity index (χ4v) is 5.73. The topological polar surface area (TPSA) is 48.8 Å². The van der Waals surface area contributed by atoms with E-state index < -0.39 is 17.6 Å². The standard InChI is InChI=1S/C21H19BrF4N4S2/c22-17-12(9-28-19-27-7-8-31-19)3-1-5-14(17)16-11-32-20(30-16)29-10-13-4-2-6-15(18(13)23)21(24,25)26/h1-6,16H,7-11H2,(H,27,28)(H,29,30). The highest BCUT2D eigenvalue weighted by Gasteiger charge is 2.34. The number of hydrogen-bond donors (Lipinski definition) is 2. The number of alkyl halides is 3. The summed E-state index contributed by atoms with van der Waals surface area (Å²) in [5.41, 5.74) is 0.811. The molecule has 0 radical (unpaired) electrons. The zero-order chi connectivity index (χ0) is 22.7. The first-order chi connectivity index (χ1) is 15.3. The normalized spacial score (nSPS) is 19.8. The molecule has 2 aliphatic rings. The first-order valence-corrected chi connectivity index (χ1v) is 12.6. The molecule has 11 heteroatoms. The van der Waals surface area contributed by atoms with Gasteiger partial charge >= 0.3 is 6.18 Å². The molecule has 32 heavy (non-hydrogen) atoms. The Hall–Kier alpha value is -1.72. The van der Waals surface area contributed by atoms with E-state index in [0.29, 0.717) is 17.5 Å². The molecular formula is C21H19BrF4N4S2. The summed E-state index contributed by atoms with van der Waals surface area (Å²) in [6, 6.07) is 9.29. The van der Waals surface area contributed by atoms with Gasteiger partial charge in [0.05, 0.1) is 24.7 Å². The Morgan fingerprint density at radius 2 is 1.94 bits per heavy atom. The van der Waals surface area contributed by atoms with Crippen molar-refractivity contribution in [3.63, 3.8) is 0 Å². The molecule has 2 aromatic rings. The van der Waals surface area contributed by atoms with Crippen LogP contribution in [0.15, 0.2) is 50.9 Å². The van der Waals surface area contributed by atoms with Crippen LogP contribution in [-0.2, 0) is 19.3 Å². The maximum Gasteiger partial charge on any atom is 0.419 e. The summed E-state index contributed by atoms with van der Waals surface area (Å²) < 4.78 is 54.0. The number of hydrogen-bond acceptors (Lipinski definition) is 5. The lowest BCUT2D eigenvalue weighted by atomic mass is 10.1. The molecule has 0 saturated carbocycles. The smallest absolute Gasteiger partial charge is 0.361 e. The lowest BCUT2D eigenvalue weighted by molar-refractivity contribution is -0.140. The first-order valence-electron chi connectivity index (χ1n) is 9.79. The van der Waals surface area contributed by atoms with Crippen LogP contribution >= 0.6 is 39.5 Å². The molecule has 0 aromatic heterocycles. The summed E-state index contributed by atoms with van der Waals surface area (Å²) in [5.74, 6) is 0.443. The zero-order valence-corrected chi connectivity index (χ0v) is 19.9. The van der Waals surface area contributed by atoms with Gasteiger partial charge in [-0.15, -0.1) is 0 Å². The van der Waals surface area contributed by atoms with Crippen molar-refractivity contribution in [2.24, 2.45) is 9.98 Å². The number of halogens is 5. The molecule has 1 unspecified atom stereocenters. The Morgan fingerprint density at radius 3 is 2.69 bits per heavy atom.